The average Bonchev–Trinajstić information content (AvgIpc) is 3.43. The number of hydrogen-bond acceptors (Lipinski definition) is 7. The number of rotatable bonds is 14. The number of hydrogen-bond donors (Lipinski definition) is 0. The summed E-state index contributed by atoms with van der Waals surface area (Å²) in [6.07, 6.45) is 10.2. The van der Waals surface area contributed by atoms with Crippen LogP contribution in [-0.2, 0) is 14.8 Å². The number of carbonyl (C=O) groups is 1. The summed E-state index contributed by atoms with van der Waals surface area (Å²) in [5.74, 6) is 0.845. The monoisotopic (exact) mass is 582 g/mol. The van der Waals surface area contributed by atoms with E-state index >= 15 is 0 Å². The maximum atomic E-state index is 13.1. The highest BCUT2D eigenvalue weighted by Crippen LogP contribution is 2.36. The quantitative estimate of drug-likeness (QED) is 0.135. The number of halogens is 1. The van der Waals surface area contributed by atoms with Crippen LogP contribution in [0.3, 0.4) is 0 Å². The molecule has 0 N–H and O–H groups in total. The smallest absolute Gasteiger partial charge is 0.294 e. The van der Waals surface area contributed by atoms with Crippen LogP contribution in [0.1, 0.15) is 51.0 Å². The second-order valence-corrected chi connectivity index (χ2v) is 12.8. The van der Waals surface area contributed by atoms with Crippen molar-refractivity contribution >= 4 is 61.9 Å². The van der Waals surface area contributed by atoms with Crippen molar-refractivity contribution in [3.8, 4) is 11.5 Å². The normalized spacial score (nSPS) is 16.1. The first-order valence-electron chi connectivity index (χ1n) is 12.0. The molecule has 1 aromatic heterocycles. The molecule has 1 aliphatic rings. The summed E-state index contributed by atoms with van der Waals surface area (Å²) in [4.78, 5) is 14.7. The van der Waals surface area contributed by atoms with Gasteiger partial charge in [0, 0.05) is 6.54 Å². The molecular formula is C26H31ClN2O5S3. The van der Waals surface area contributed by atoms with Crippen LogP contribution in [0.2, 0.25) is 4.34 Å². The van der Waals surface area contributed by atoms with Gasteiger partial charge in [-0.15, -0.1) is 22.3 Å². The number of nitrogens with zero attached hydrogens (tertiary/aromatic N) is 2. The summed E-state index contributed by atoms with van der Waals surface area (Å²) in [6, 6.07) is 8.30. The topological polar surface area (TPSA) is 85.3 Å². The van der Waals surface area contributed by atoms with E-state index < -0.39 is 10.0 Å². The number of unbranched alkanes of at least 4 members (excludes halogenated alkanes) is 5. The van der Waals surface area contributed by atoms with Gasteiger partial charge in [0.05, 0.1) is 23.0 Å². The third kappa shape index (κ3) is 8.10. The number of thiophene rings is 1. The predicted octanol–water partition coefficient (Wildman–Crippen LogP) is 7.00. The van der Waals surface area contributed by atoms with Gasteiger partial charge in [0.25, 0.3) is 15.9 Å². The number of methoxy groups -OCH3 is 1. The minimum Gasteiger partial charge on any atom is -0.493 e. The molecule has 11 heteroatoms. The molecule has 7 nitrogen and oxygen atoms in total. The zero-order valence-electron chi connectivity index (χ0n) is 20.9. The van der Waals surface area contributed by atoms with Crippen molar-refractivity contribution in [2.45, 2.75) is 49.7 Å². The van der Waals surface area contributed by atoms with E-state index in [0.717, 1.165) is 41.5 Å². The molecule has 0 radical (unpaired) electrons. The van der Waals surface area contributed by atoms with E-state index in [1.165, 1.54) is 48.8 Å². The zero-order valence-corrected chi connectivity index (χ0v) is 24.1. The summed E-state index contributed by atoms with van der Waals surface area (Å²) in [5.41, 5.74) is 0.724. The van der Waals surface area contributed by atoms with Gasteiger partial charge in [-0.25, -0.2) is 0 Å². The average molecular weight is 583 g/mol. The van der Waals surface area contributed by atoms with Gasteiger partial charge >= 0.3 is 0 Å². The summed E-state index contributed by atoms with van der Waals surface area (Å²) in [5, 5.41) is 0.0636. The second-order valence-electron chi connectivity index (χ2n) is 8.25. The first kappa shape index (κ1) is 29.3. The third-order valence-corrected chi connectivity index (χ3v) is 9.53. The molecule has 2 heterocycles. The fourth-order valence-electron chi connectivity index (χ4n) is 3.56. The molecule has 0 unspecified atom stereocenters. The van der Waals surface area contributed by atoms with E-state index in [0.29, 0.717) is 27.3 Å². The summed E-state index contributed by atoms with van der Waals surface area (Å²) in [6.45, 7) is 6.57. The first-order chi connectivity index (χ1) is 17.8. The number of benzene rings is 1. The molecule has 37 heavy (non-hydrogen) atoms. The van der Waals surface area contributed by atoms with Gasteiger partial charge in [0.1, 0.15) is 4.21 Å². The Morgan fingerprint density at radius 3 is 2.54 bits per heavy atom. The summed E-state index contributed by atoms with van der Waals surface area (Å²) >= 11 is 7.80. The van der Waals surface area contributed by atoms with Crippen molar-refractivity contribution in [2.75, 3.05) is 20.3 Å². The van der Waals surface area contributed by atoms with E-state index in [-0.39, 0.29) is 21.8 Å². The van der Waals surface area contributed by atoms with Crippen LogP contribution in [0.25, 0.3) is 6.08 Å². The number of amides is 1. The van der Waals surface area contributed by atoms with Crippen molar-refractivity contribution in [1.82, 2.24) is 4.90 Å². The van der Waals surface area contributed by atoms with Crippen LogP contribution < -0.4 is 9.47 Å². The van der Waals surface area contributed by atoms with Crippen LogP contribution in [0.15, 0.2) is 56.5 Å². The highest BCUT2D eigenvalue weighted by molar-refractivity contribution is 8.19. The van der Waals surface area contributed by atoms with Crippen molar-refractivity contribution in [3.63, 3.8) is 0 Å². The van der Waals surface area contributed by atoms with Gasteiger partial charge in [-0.1, -0.05) is 62.8 Å². The van der Waals surface area contributed by atoms with E-state index in [2.05, 4.69) is 17.9 Å². The van der Waals surface area contributed by atoms with Crippen LogP contribution in [0, 0.1) is 0 Å². The molecule has 1 aromatic carbocycles. The lowest BCUT2D eigenvalue weighted by Gasteiger charge is -2.12. The molecule has 3 rings (SSSR count). The van der Waals surface area contributed by atoms with Gasteiger partial charge in [-0.2, -0.15) is 8.42 Å². The fraction of sp³-hybridized carbons (Fsp3) is 0.385. The van der Waals surface area contributed by atoms with Crippen LogP contribution in [0.5, 0.6) is 11.5 Å². The van der Waals surface area contributed by atoms with Gasteiger partial charge in [-0.05, 0) is 54.1 Å². The standard InChI is InChI=1S/C26H31ClN2O5S3/c1-4-6-7-8-9-10-16-34-21-17-19(11-12-20(21)33-3)18-22-25(30)29(15-5-2)26(35-22)28-37(31,32)24-14-13-23(27)36-24/h5,11-14,17-18H,2,4,6-10,15-16H2,1,3H3/b22-18-,28-26?. The molecule has 1 aliphatic heterocycles. The van der Waals surface area contributed by atoms with E-state index in [4.69, 9.17) is 21.1 Å². The summed E-state index contributed by atoms with van der Waals surface area (Å²) in [7, 11) is -2.44. The van der Waals surface area contributed by atoms with Crippen LogP contribution >= 0.6 is 34.7 Å². The Bertz CT molecular complexity index is 1270. The molecule has 0 bridgehead atoms. The van der Waals surface area contributed by atoms with E-state index in [9.17, 15) is 13.2 Å². The highest BCUT2D eigenvalue weighted by Gasteiger charge is 2.34. The molecule has 200 valence electrons. The molecule has 0 atom stereocenters. The van der Waals surface area contributed by atoms with Crippen molar-refractivity contribution in [2.24, 2.45) is 4.40 Å². The minimum atomic E-state index is -4.02. The number of amidine groups is 1. The highest BCUT2D eigenvalue weighted by atomic mass is 35.5. The van der Waals surface area contributed by atoms with Gasteiger partial charge in [-0.3, -0.25) is 9.69 Å². The van der Waals surface area contributed by atoms with Gasteiger partial charge in [0.15, 0.2) is 16.7 Å². The lowest BCUT2D eigenvalue weighted by atomic mass is 10.1. The van der Waals surface area contributed by atoms with Crippen molar-refractivity contribution in [1.29, 1.82) is 0 Å². The molecule has 1 amide bonds. The largest absolute Gasteiger partial charge is 0.493 e. The maximum Gasteiger partial charge on any atom is 0.294 e. The maximum absolute atomic E-state index is 13.1. The third-order valence-electron chi connectivity index (χ3n) is 5.44. The number of carbonyl (C=O) groups excluding carboxylic acids is 1. The predicted molar refractivity (Wildman–Crippen MR) is 153 cm³/mol. The SMILES string of the molecule is C=CCN1C(=O)/C(=C/c2ccc(OC)c(OCCCCCCCC)c2)SC1=NS(=O)(=O)c1ccc(Cl)s1. The van der Waals surface area contributed by atoms with Crippen molar-refractivity contribution < 1.29 is 22.7 Å². The lowest BCUT2D eigenvalue weighted by molar-refractivity contribution is -0.121. The fourth-order valence-corrected chi connectivity index (χ4v) is 7.21. The van der Waals surface area contributed by atoms with E-state index in [1.54, 1.807) is 19.3 Å². The molecular weight excluding hydrogens is 552 g/mol. The lowest BCUT2D eigenvalue weighted by Crippen LogP contribution is -2.29. The Morgan fingerprint density at radius 1 is 1.11 bits per heavy atom. The molecule has 1 saturated heterocycles. The van der Waals surface area contributed by atoms with Gasteiger partial charge < -0.3 is 9.47 Å². The second kappa shape index (κ2) is 14.0. The Balaban J connectivity index is 1.79. The van der Waals surface area contributed by atoms with Crippen LogP contribution in [0.4, 0.5) is 0 Å². The number of ether oxygens (including phenoxy) is 2. The van der Waals surface area contributed by atoms with Gasteiger partial charge in [0.2, 0.25) is 0 Å². The number of thioether (sulfide) groups is 1. The Hall–Kier alpha value is -2.27. The molecule has 0 saturated carbocycles. The van der Waals surface area contributed by atoms with Crippen LogP contribution in [-0.4, -0.2) is 44.7 Å². The molecule has 2 aromatic rings. The Labute approximate surface area is 232 Å². The minimum absolute atomic E-state index is 0.0105. The Morgan fingerprint density at radius 2 is 1.86 bits per heavy atom. The first-order valence-corrected chi connectivity index (χ1v) is 15.5. The zero-order chi connectivity index (χ0) is 26.8. The molecule has 1 fully saturated rings. The molecule has 0 spiro atoms. The van der Waals surface area contributed by atoms with E-state index in [1.807, 2.05) is 12.1 Å². The molecule has 0 aliphatic carbocycles. The number of sulfonamides is 1. The summed E-state index contributed by atoms with van der Waals surface area (Å²) < 4.78 is 41.2. The Kier molecular flexibility index (Phi) is 11.1. The van der Waals surface area contributed by atoms with Crippen molar-refractivity contribution in [3.05, 3.63) is 57.8 Å².